The molecule has 170 valence electrons. The molecule has 2 amide bonds. The number of hydrogen-bond donors (Lipinski definition) is 1. The molecule has 1 aliphatic rings. The Bertz CT molecular complexity index is 884. The van der Waals surface area contributed by atoms with E-state index < -0.39 is 23.6 Å². The monoisotopic (exact) mass is 434 g/mol. The summed E-state index contributed by atoms with van der Waals surface area (Å²) in [5.41, 5.74) is -0.489. The summed E-state index contributed by atoms with van der Waals surface area (Å²) in [6.07, 6.45) is 2.80. The smallest absolute Gasteiger partial charge is 0.312 e. The fourth-order valence-corrected chi connectivity index (χ4v) is 3.00. The molecule has 10 nitrogen and oxygen atoms in total. The van der Waals surface area contributed by atoms with E-state index in [-0.39, 0.29) is 29.4 Å². The van der Waals surface area contributed by atoms with Crippen LogP contribution in [0.3, 0.4) is 0 Å². The molecule has 0 saturated heterocycles. The molecular formula is C21H30N4O6. The van der Waals surface area contributed by atoms with Crippen LogP contribution in [0.2, 0.25) is 0 Å². The Morgan fingerprint density at radius 2 is 1.97 bits per heavy atom. The van der Waals surface area contributed by atoms with Gasteiger partial charge in [-0.3, -0.25) is 14.4 Å². The second-order valence-corrected chi connectivity index (χ2v) is 7.83. The molecular weight excluding hydrogens is 404 g/mol. The topological polar surface area (TPSA) is 124 Å². The number of aryl methyl sites for hydroxylation is 1. The minimum Gasteiger partial charge on any atom is -0.450 e. The van der Waals surface area contributed by atoms with Gasteiger partial charge in [0.25, 0.3) is 5.91 Å². The third-order valence-electron chi connectivity index (χ3n) is 4.73. The molecule has 1 unspecified atom stereocenters. The molecule has 0 bridgehead atoms. The highest BCUT2D eigenvalue weighted by Gasteiger charge is 2.35. The predicted octanol–water partition coefficient (Wildman–Crippen LogP) is 2.47. The molecule has 31 heavy (non-hydrogen) atoms. The highest BCUT2D eigenvalue weighted by Crippen LogP contribution is 2.31. The second-order valence-electron chi connectivity index (χ2n) is 7.83. The summed E-state index contributed by atoms with van der Waals surface area (Å²) in [7, 11) is 1.54. The third kappa shape index (κ3) is 6.16. The maximum Gasteiger partial charge on any atom is 0.312 e. The van der Waals surface area contributed by atoms with Crippen molar-refractivity contribution in [3.8, 4) is 0 Å². The van der Waals surface area contributed by atoms with Gasteiger partial charge >= 0.3 is 17.8 Å². The summed E-state index contributed by atoms with van der Waals surface area (Å²) in [6.45, 7) is 12.2. The predicted molar refractivity (Wildman–Crippen MR) is 110 cm³/mol. The standard InChI is InChI=1S/C21H30N4O6/c1-8-15(21(5,6)22-17(26)18-24-23-13(4)30-18)25(7)19(27)12(3)29-16(9-2)31-20(28)14-10-11-14/h8,14,16H,3,9-11H2,1-2,4-7H3,(H,22,26). The van der Waals surface area contributed by atoms with E-state index in [0.717, 1.165) is 12.8 Å². The van der Waals surface area contributed by atoms with Gasteiger partial charge in [0.05, 0.1) is 11.5 Å². The second kappa shape index (κ2) is 9.76. The number of nitrogens with zero attached hydrogens (tertiary/aromatic N) is 3. The number of nitrogens with one attached hydrogen (secondary N) is 1. The van der Waals surface area contributed by atoms with Crippen molar-refractivity contribution >= 4 is 17.8 Å². The van der Waals surface area contributed by atoms with Gasteiger partial charge in [-0.25, -0.2) is 0 Å². The van der Waals surface area contributed by atoms with E-state index in [0.29, 0.717) is 12.1 Å². The highest BCUT2D eigenvalue weighted by atomic mass is 16.7. The number of likely N-dealkylation sites (N-methyl/N-ethyl adjacent to an activating group) is 1. The Kier molecular flexibility index (Phi) is 7.59. The van der Waals surface area contributed by atoms with E-state index in [1.54, 1.807) is 40.7 Å². The van der Waals surface area contributed by atoms with E-state index in [9.17, 15) is 14.4 Å². The van der Waals surface area contributed by atoms with Gasteiger partial charge in [-0.2, -0.15) is 0 Å². The molecule has 1 N–H and O–H groups in total. The van der Waals surface area contributed by atoms with Crippen molar-refractivity contribution in [3.05, 3.63) is 35.9 Å². The van der Waals surface area contributed by atoms with E-state index in [1.165, 1.54) is 11.9 Å². The molecule has 1 aliphatic carbocycles. The zero-order valence-corrected chi connectivity index (χ0v) is 18.9. The number of aromatic nitrogens is 2. The van der Waals surface area contributed by atoms with Crippen molar-refractivity contribution in [2.45, 2.75) is 65.7 Å². The Morgan fingerprint density at radius 3 is 2.45 bits per heavy atom. The number of carbonyl (C=O) groups excluding carboxylic acids is 3. The van der Waals surface area contributed by atoms with Gasteiger partial charge in [0.15, 0.2) is 5.76 Å². The fraction of sp³-hybridized carbons (Fsp3) is 0.571. The summed E-state index contributed by atoms with van der Waals surface area (Å²) in [5, 5.41) is 10.1. The van der Waals surface area contributed by atoms with Gasteiger partial charge < -0.3 is 24.1 Å². The van der Waals surface area contributed by atoms with E-state index in [1.807, 2.05) is 0 Å². The van der Waals surface area contributed by atoms with Gasteiger partial charge in [0.1, 0.15) is 0 Å². The minimum absolute atomic E-state index is 0.0778. The van der Waals surface area contributed by atoms with Crippen LogP contribution in [0.1, 0.15) is 63.5 Å². The molecule has 1 aromatic heterocycles. The maximum atomic E-state index is 12.9. The first-order valence-electron chi connectivity index (χ1n) is 10.1. The van der Waals surface area contributed by atoms with E-state index in [4.69, 9.17) is 13.9 Å². The zero-order chi connectivity index (χ0) is 23.3. The van der Waals surface area contributed by atoms with Crippen LogP contribution >= 0.6 is 0 Å². The number of hydrogen-bond acceptors (Lipinski definition) is 8. The fourth-order valence-electron chi connectivity index (χ4n) is 3.00. The van der Waals surface area contributed by atoms with Crippen molar-refractivity contribution in [1.29, 1.82) is 0 Å². The number of esters is 1. The Hall–Kier alpha value is -3.17. The lowest BCUT2D eigenvalue weighted by atomic mass is 9.98. The zero-order valence-electron chi connectivity index (χ0n) is 18.9. The molecule has 1 heterocycles. The quantitative estimate of drug-likeness (QED) is 0.258. The van der Waals surface area contributed by atoms with Gasteiger partial charge in [0.2, 0.25) is 12.2 Å². The van der Waals surface area contributed by atoms with Crippen LogP contribution in [0, 0.1) is 12.8 Å². The summed E-state index contributed by atoms with van der Waals surface area (Å²) in [6, 6.07) is 0. The number of amides is 2. The van der Waals surface area contributed by atoms with Gasteiger partial charge in [0, 0.05) is 26.1 Å². The van der Waals surface area contributed by atoms with E-state index in [2.05, 4.69) is 22.1 Å². The van der Waals surface area contributed by atoms with Crippen LogP contribution in [0.5, 0.6) is 0 Å². The van der Waals surface area contributed by atoms with Crippen LogP contribution in [-0.2, 0) is 19.1 Å². The lowest BCUT2D eigenvalue weighted by Crippen LogP contribution is -2.50. The van der Waals surface area contributed by atoms with Crippen LogP contribution in [0.25, 0.3) is 0 Å². The van der Waals surface area contributed by atoms with Crippen molar-refractivity contribution in [2.75, 3.05) is 7.05 Å². The first-order valence-corrected chi connectivity index (χ1v) is 10.1. The van der Waals surface area contributed by atoms with Gasteiger partial charge in [-0.05, 0) is 33.6 Å². The highest BCUT2D eigenvalue weighted by molar-refractivity contribution is 5.93. The number of allylic oxidation sites excluding steroid dienone is 1. The molecule has 0 aliphatic heterocycles. The molecule has 0 aromatic carbocycles. The van der Waals surface area contributed by atoms with Crippen molar-refractivity contribution < 1.29 is 28.3 Å². The van der Waals surface area contributed by atoms with Crippen molar-refractivity contribution in [2.24, 2.45) is 5.92 Å². The average Bonchev–Trinajstić information content (AvgIpc) is 3.47. The van der Waals surface area contributed by atoms with Crippen molar-refractivity contribution in [3.63, 3.8) is 0 Å². The lowest BCUT2D eigenvalue weighted by Gasteiger charge is -2.34. The molecule has 1 aromatic rings. The van der Waals surface area contributed by atoms with Gasteiger partial charge in [-0.15, -0.1) is 10.2 Å². The van der Waals surface area contributed by atoms with Crippen molar-refractivity contribution in [1.82, 2.24) is 20.4 Å². The number of ether oxygens (including phenoxy) is 2. The summed E-state index contributed by atoms with van der Waals surface area (Å²) in [4.78, 5) is 38.5. The molecule has 10 heteroatoms. The molecule has 1 fully saturated rings. The third-order valence-corrected chi connectivity index (χ3v) is 4.73. The minimum atomic E-state index is -0.971. The van der Waals surface area contributed by atoms with Gasteiger partial charge in [-0.1, -0.05) is 19.6 Å². The first kappa shape index (κ1) is 24.1. The molecule has 1 saturated carbocycles. The van der Waals surface area contributed by atoms with Crippen LogP contribution in [-0.4, -0.2) is 51.8 Å². The van der Waals surface area contributed by atoms with Crippen LogP contribution < -0.4 is 5.32 Å². The lowest BCUT2D eigenvalue weighted by molar-refractivity contribution is -0.175. The Morgan fingerprint density at radius 1 is 1.32 bits per heavy atom. The maximum absolute atomic E-state index is 12.9. The Labute approximate surface area is 181 Å². The van der Waals surface area contributed by atoms with Crippen LogP contribution in [0.4, 0.5) is 0 Å². The number of rotatable bonds is 10. The first-order chi connectivity index (χ1) is 14.5. The molecule has 1 atom stereocenters. The summed E-state index contributed by atoms with van der Waals surface area (Å²) in [5.74, 6) is -1.59. The summed E-state index contributed by atoms with van der Waals surface area (Å²) >= 11 is 0. The largest absolute Gasteiger partial charge is 0.450 e. The summed E-state index contributed by atoms with van der Waals surface area (Å²) < 4.78 is 16.0. The molecule has 0 radical (unpaired) electrons. The SMILES string of the molecule is C=C(OC(CC)OC(=O)C1CC1)C(=O)N(C)C(=CC)C(C)(C)NC(=O)c1nnc(C)o1. The van der Waals surface area contributed by atoms with E-state index >= 15 is 0 Å². The van der Waals surface area contributed by atoms with Crippen LogP contribution in [0.15, 0.2) is 28.5 Å². The Balaban J connectivity index is 2.03. The molecule has 0 spiro atoms. The average molecular weight is 434 g/mol. The number of carbonyl (C=O) groups is 3. The molecule has 2 rings (SSSR count). The normalized spacial score (nSPS) is 15.1.